The van der Waals surface area contributed by atoms with Gasteiger partial charge in [-0.2, -0.15) is 0 Å². The summed E-state index contributed by atoms with van der Waals surface area (Å²) in [6.45, 7) is 9.74. The highest BCUT2D eigenvalue weighted by Gasteiger charge is 2.31. The first kappa shape index (κ1) is 20.4. The van der Waals surface area contributed by atoms with E-state index >= 15 is 0 Å². The summed E-state index contributed by atoms with van der Waals surface area (Å²) in [6.07, 6.45) is 2.08. The molecule has 2 aromatic carbocycles. The van der Waals surface area contributed by atoms with Gasteiger partial charge in [0, 0.05) is 18.7 Å². The molecule has 28 heavy (non-hydrogen) atoms. The maximum Gasteiger partial charge on any atom is 0.303 e. The molecular weight excluding hydrogens is 346 g/mol. The molecule has 0 spiro atoms. The number of benzene rings is 2. The predicted octanol–water partition coefficient (Wildman–Crippen LogP) is 6.37. The van der Waals surface area contributed by atoms with Crippen molar-refractivity contribution < 1.29 is 9.90 Å². The van der Waals surface area contributed by atoms with Crippen molar-refractivity contribution in [1.29, 1.82) is 0 Å². The largest absolute Gasteiger partial charge is 0.481 e. The third kappa shape index (κ3) is 4.76. The Hall–Kier alpha value is -2.29. The van der Waals surface area contributed by atoms with Crippen molar-refractivity contribution in [3.63, 3.8) is 0 Å². The van der Waals surface area contributed by atoms with Crippen molar-refractivity contribution in [3.05, 3.63) is 65.2 Å². The lowest BCUT2D eigenvalue weighted by atomic mass is 9.84. The Balaban J connectivity index is 1.89. The Morgan fingerprint density at radius 3 is 2.00 bits per heavy atom. The fraction of sp³-hybridized carbons (Fsp3) is 0.480. The molecule has 0 radical (unpaired) electrons. The van der Waals surface area contributed by atoms with Gasteiger partial charge in [-0.25, -0.2) is 0 Å². The molecule has 1 fully saturated rings. The molecule has 3 nitrogen and oxygen atoms in total. The fourth-order valence-corrected chi connectivity index (χ4v) is 4.25. The van der Waals surface area contributed by atoms with Gasteiger partial charge in [-0.1, -0.05) is 64.1 Å². The maximum atomic E-state index is 11.3. The molecule has 1 N–H and O–H groups in total. The van der Waals surface area contributed by atoms with Crippen LogP contribution < -0.4 is 4.90 Å². The standard InChI is InChI=1S/C25H33NO2/c1-17(2)20-5-7-22(8-6-20)24-15-19(16-25(27)28)13-14-26(24)23-11-9-21(10-12-23)18(3)4/h5-12,17-19,24H,13-16H2,1-4H3,(H,27,28)/t19-,24+/m0/s1. The Morgan fingerprint density at radius 1 is 0.964 bits per heavy atom. The summed E-state index contributed by atoms with van der Waals surface area (Å²) < 4.78 is 0. The van der Waals surface area contributed by atoms with Crippen LogP contribution in [-0.2, 0) is 4.79 Å². The van der Waals surface area contributed by atoms with E-state index < -0.39 is 5.97 Å². The number of rotatable bonds is 6. The normalized spacial score (nSPS) is 20.0. The van der Waals surface area contributed by atoms with E-state index in [2.05, 4.69) is 81.1 Å². The van der Waals surface area contributed by atoms with Crippen molar-refractivity contribution in [3.8, 4) is 0 Å². The number of hydrogen-bond acceptors (Lipinski definition) is 2. The van der Waals surface area contributed by atoms with Gasteiger partial charge in [0.2, 0.25) is 0 Å². The Labute approximate surface area is 169 Å². The highest BCUT2D eigenvalue weighted by atomic mass is 16.4. The minimum atomic E-state index is -0.686. The third-order valence-electron chi connectivity index (χ3n) is 6.05. The van der Waals surface area contributed by atoms with Gasteiger partial charge in [-0.05, 0) is 59.4 Å². The molecule has 0 aromatic heterocycles. The average molecular weight is 380 g/mol. The molecule has 2 aromatic rings. The predicted molar refractivity (Wildman–Crippen MR) is 116 cm³/mol. The number of aliphatic carboxylic acids is 1. The van der Waals surface area contributed by atoms with Crippen LogP contribution in [0.15, 0.2) is 48.5 Å². The summed E-state index contributed by atoms with van der Waals surface area (Å²) in [5.74, 6) is 0.585. The molecule has 0 aliphatic carbocycles. The van der Waals surface area contributed by atoms with Gasteiger partial charge in [0.25, 0.3) is 0 Å². The van der Waals surface area contributed by atoms with Crippen LogP contribution in [0.25, 0.3) is 0 Å². The van der Waals surface area contributed by atoms with Gasteiger partial charge in [0.15, 0.2) is 0 Å². The van der Waals surface area contributed by atoms with Crippen molar-refractivity contribution >= 4 is 11.7 Å². The van der Waals surface area contributed by atoms with E-state index in [-0.39, 0.29) is 18.4 Å². The van der Waals surface area contributed by atoms with E-state index in [0.717, 1.165) is 19.4 Å². The summed E-state index contributed by atoms with van der Waals surface area (Å²) in [4.78, 5) is 13.7. The Bertz CT molecular complexity index is 777. The molecule has 1 heterocycles. The molecule has 0 unspecified atom stereocenters. The summed E-state index contributed by atoms with van der Waals surface area (Å²) in [5, 5.41) is 9.27. The molecule has 3 rings (SSSR count). The van der Waals surface area contributed by atoms with Crippen LogP contribution in [0, 0.1) is 5.92 Å². The second-order valence-electron chi connectivity index (χ2n) is 8.77. The maximum absolute atomic E-state index is 11.3. The van der Waals surface area contributed by atoms with Gasteiger partial charge < -0.3 is 10.0 Å². The molecule has 1 saturated heterocycles. The summed E-state index contributed by atoms with van der Waals surface area (Å²) in [6, 6.07) is 18.0. The van der Waals surface area contributed by atoms with Gasteiger partial charge >= 0.3 is 5.97 Å². The zero-order valence-corrected chi connectivity index (χ0v) is 17.6. The van der Waals surface area contributed by atoms with Crippen LogP contribution in [0.5, 0.6) is 0 Å². The van der Waals surface area contributed by atoms with Gasteiger partial charge in [-0.15, -0.1) is 0 Å². The minimum Gasteiger partial charge on any atom is -0.481 e. The van der Waals surface area contributed by atoms with Crippen molar-refractivity contribution in [2.45, 2.75) is 64.8 Å². The molecule has 0 saturated carbocycles. The van der Waals surface area contributed by atoms with E-state index in [1.165, 1.54) is 22.4 Å². The molecule has 3 heteroatoms. The Morgan fingerprint density at radius 2 is 1.50 bits per heavy atom. The summed E-state index contributed by atoms with van der Waals surface area (Å²) >= 11 is 0. The van der Waals surface area contributed by atoms with E-state index in [9.17, 15) is 9.90 Å². The topological polar surface area (TPSA) is 40.5 Å². The van der Waals surface area contributed by atoms with E-state index in [4.69, 9.17) is 0 Å². The number of carbonyl (C=O) groups is 1. The van der Waals surface area contributed by atoms with Crippen LogP contribution >= 0.6 is 0 Å². The van der Waals surface area contributed by atoms with Crippen molar-refractivity contribution in [2.75, 3.05) is 11.4 Å². The summed E-state index contributed by atoms with van der Waals surface area (Å²) in [5.41, 5.74) is 5.21. The molecule has 2 atom stereocenters. The van der Waals surface area contributed by atoms with Crippen LogP contribution in [0.2, 0.25) is 0 Å². The molecule has 150 valence electrons. The highest BCUT2D eigenvalue weighted by molar-refractivity contribution is 5.67. The first-order valence-electron chi connectivity index (χ1n) is 10.5. The van der Waals surface area contributed by atoms with Gasteiger partial charge in [0.1, 0.15) is 0 Å². The molecule has 1 aliphatic heterocycles. The number of carboxylic acids is 1. The Kier molecular flexibility index (Phi) is 6.43. The lowest BCUT2D eigenvalue weighted by Crippen LogP contribution is -2.37. The van der Waals surface area contributed by atoms with Crippen molar-refractivity contribution in [1.82, 2.24) is 0 Å². The third-order valence-corrected chi connectivity index (χ3v) is 6.05. The first-order chi connectivity index (χ1) is 13.3. The quantitative estimate of drug-likeness (QED) is 0.634. The molecule has 0 amide bonds. The number of carboxylic acid groups (broad SMARTS) is 1. The molecule has 1 aliphatic rings. The second kappa shape index (κ2) is 8.81. The number of anilines is 1. The van der Waals surface area contributed by atoms with Crippen LogP contribution in [0.4, 0.5) is 5.69 Å². The van der Waals surface area contributed by atoms with Crippen LogP contribution in [0.1, 0.15) is 81.5 Å². The fourth-order valence-electron chi connectivity index (χ4n) is 4.25. The van der Waals surface area contributed by atoms with E-state index in [0.29, 0.717) is 11.8 Å². The lowest BCUT2D eigenvalue weighted by molar-refractivity contribution is -0.138. The summed E-state index contributed by atoms with van der Waals surface area (Å²) in [7, 11) is 0. The van der Waals surface area contributed by atoms with Gasteiger partial charge in [-0.3, -0.25) is 4.79 Å². The second-order valence-corrected chi connectivity index (χ2v) is 8.77. The van der Waals surface area contributed by atoms with Crippen LogP contribution in [-0.4, -0.2) is 17.6 Å². The van der Waals surface area contributed by atoms with Gasteiger partial charge in [0.05, 0.1) is 6.04 Å². The number of hydrogen-bond donors (Lipinski definition) is 1. The molecule has 0 bridgehead atoms. The molecular formula is C25H33NO2. The SMILES string of the molecule is CC(C)c1ccc([C@H]2C[C@@H](CC(=O)O)CCN2c2ccc(C(C)C)cc2)cc1. The first-order valence-corrected chi connectivity index (χ1v) is 10.5. The number of nitrogens with zero attached hydrogens (tertiary/aromatic N) is 1. The average Bonchev–Trinajstić information content (AvgIpc) is 2.67. The zero-order chi connectivity index (χ0) is 20.3. The zero-order valence-electron chi connectivity index (χ0n) is 17.6. The lowest BCUT2D eigenvalue weighted by Gasteiger charge is -2.41. The van der Waals surface area contributed by atoms with E-state index in [1.807, 2.05) is 0 Å². The van der Waals surface area contributed by atoms with Crippen LogP contribution in [0.3, 0.4) is 0 Å². The van der Waals surface area contributed by atoms with E-state index in [1.54, 1.807) is 0 Å². The smallest absolute Gasteiger partial charge is 0.303 e. The minimum absolute atomic E-state index is 0.226. The number of piperidine rings is 1. The monoisotopic (exact) mass is 379 g/mol. The van der Waals surface area contributed by atoms with Crippen molar-refractivity contribution in [2.24, 2.45) is 5.92 Å². The highest BCUT2D eigenvalue weighted by Crippen LogP contribution is 2.39.